The quantitative estimate of drug-likeness (QED) is 0.850. The van der Waals surface area contributed by atoms with Crippen LogP contribution in [0.2, 0.25) is 0 Å². The largest absolute Gasteiger partial charge is 0.384 e. The first-order chi connectivity index (χ1) is 10.3. The average Bonchev–Trinajstić information content (AvgIpc) is 2.55. The van der Waals surface area contributed by atoms with E-state index in [0.29, 0.717) is 11.8 Å². The number of benzene rings is 2. The van der Waals surface area contributed by atoms with Crippen LogP contribution in [0.15, 0.2) is 48.5 Å². The lowest BCUT2D eigenvalue weighted by Gasteiger charge is -2.42. The highest BCUT2D eigenvalue weighted by molar-refractivity contribution is 5.55. The monoisotopic (exact) mass is 283 g/mol. The lowest BCUT2D eigenvalue weighted by molar-refractivity contribution is -0.0381. The van der Waals surface area contributed by atoms with Gasteiger partial charge < -0.3 is 10.1 Å². The van der Waals surface area contributed by atoms with Gasteiger partial charge in [0.2, 0.25) is 0 Å². The Labute approximate surface area is 123 Å². The lowest BCUT2D eigenvalue weighted by Crippen LogP contribution is -2.37. The minimum absolute atomic E-state index is 0.145. The molecule has 0 unspecified atom stereocenters. The van der Waals surface area contributed by atoms with E-state index in [-0.39, 0.29) is 11.9 Å². The minimum Gasteiger partial charge on any atom is -0.384 e. The maximum Gasteiger partial charge on any atom is 0.123 e. The van der Waals surface area contributed by atoms with Crippen molar-refractivity contribution >= 4 is 5.69 Å². The normalized spacial score (nSPS) is 27.4. The molecular formula is C18H18FNO. The van der Waals surface area contributed by atoms with Gasteiger partial charge in [-0.05, 0) is 36.1 Å². The molecule has 0 saturated carbocycles. The van der Waals surface area contributed by atoms with E-state index < -0.39 is 0 Å². The summed E-state index contributed by atoms with van der Waals surface area (Å²) in [5.74, 6) is 0.652. The Hall–Kier alpha value is -1.87. The van der Waals surface area contributed by atoms with E-state index in [9.17, 15) is 4.39 Å². The smallest absolute Gasteiger partial charge is 0.123 e. The fourth-order valence-corrected chi connectivity index (χ4v) is 3.70. The molecule has 3 heteroatoms. The van der Waals surface area contributed by atoms with Gasteiger partial charge in [-0.25, -0.2) is 4.39 Å². The molecule has 0 bridgehead atoms. The van der Waals surface area contributed by atoms with Gasteiger partial charge in [-0.2, -0.15) is 0 Å². The van der Waals surface area contributed by atoms with Gasteiger partial charge in [-0.3, -0.25) is 0 Å². The van der Waals surface area contributed by atoms with Crippen LogP contribution in [0.4, 0.5) is 10.1 Å². The van der Waals surface area contributed by atoms with Crippen molar-refractivity contribution in [3.05, 3.63) is 65.5 Å². The van der Waals surface area contributed by atoms with Crippen molar-refractivity contribution in [2.24, 2.45) is 5.92 Å². The summed E-state index contributed by atoms with van der Waals surface area (Å²) in [6, 6.07) is 15.3. The standard InChI is InChI=1S/C18H18FNO/c19-13-7-5-12(6-8-13)14-9-10-21-18-15-3-1-2-4-17(15)20-11-16(14)18/h1-8,14,16,18,20H,9-11H2/t14-,16+,18+/m0/s1. The van der Waals surface area contributed by atoms with Gasteiger partial charge in [0.15, 0.2) is 0 Å². The van der Waals surface area contributed by atoms with Crippen LogP contribution in [0, 0.1) is 11.7 Å². The van der Waals surface area contributed by atoms with Gasteiger partial charge in [-0.15, -0.1) is 0 Å². The van der Waals surface area contributed by atoms with Gasteiger partial charge in [0.05, 0.1) is 6.10 Å². The first-order valence-electron chi connectivity index (χ1n) is 7.53. The topological polar surface area (TPSA) is 21.3 Å². The van der Waals surface area contributed by atoms with E-state index in [0.717, 1.165) is 19.6 Å². The summed E-state index contributed by atoms with van der Waals surface area (Å²) in [7, 11) is 0. The van der Waals surface area contributed by atoms with Crippen LogP contribution in [0.5, 0.6) is 0 Å². The summed E-state index contributed by atoms with van der Waals surface area (Å²) in [4.78, 5) is 0. The molecular weight excluding hydrogens is 265 g/mol. The fourth-order valence-electron chi connectivity index (χ4n) is 3.70. The molecule has 1 saturated heterocycles. The molecule has 21 heavy (non-hydrogen) atoms. The van der Waals surface area contributed by atoms with Gasteiger partial charge in [0, 0.05) is 30.3 Å². The number of fused-ring (bicyclic) bond motifs is 3. The molecule has 0 radical (unpaired) electrons. The Kier molecular flexibility index (Phi) is 3.15. The second-order valence-corrected chi connectivity index (χ2v) is 5.87. The summed E-state index contributed by atoms with van der Waals surface area (Å²) < 4.78 is 19.2. The van der Waals surface area contributed by atoms with Crippen LogP contribution in [-0.2, 0) is 4.74 Å². The van der Waals surface area contributed by atoms with Gasteiger partial charge >= 0.3 is 0 Å². The fraction of sp³-hybridized carbons (Fsp3) is 0.333. The molecule has 3 atom stereocenters. The maximum atomic E-state index is 13.1. The van der Waals surface area contributed by atoms with Gasteiger partial charge in [0.25, 0.3) is 0 Å². The number of anilines is 1. The van der Waals surface area contributed by atoms with Crippen LogP contribution >= 0.6 is 0 Å². The molecule has 2 nitrogen and oxygen atoms in total. The van der Waals surface area contributed by atoms with Crippen molar-refractivity contribution in [2.75, 3.05) is 18.5 Å². The van der Waals surface area contributed by atoms with E-state index in [1.54, 1.807) is 12.1 Å². The third kappa shape index (κ3) is 2.22. The number of hydrogen-bond donors (Lipinski definition) is 1. The number of nitrogens with one attached hydrogen (secondary N) is 1. The molecule has 2 aliphatic heterocycles. The van der Waals surface area contributed by atoms with Crippen LogP contribution in [0.3, 0.4) is 0 Å². The number of halogens is 1. The molecule has 1 fully saturated rings. The van der Waals surface area contributed by atoms with Crippen LogP contribution in [0.1, 0.15) is 29.6 Å². The van der Waals surface area contributed by atoms with Crippen molar-refractivity contribution in [2.45, 2.75) is 18.4 Å². The third-order valence-corrected chi connectivity index (χ3v) is 4.73. The zero-order valence-electron chi connectivity index (χ0n) is 11.8. The summed E-state index contributed by atoms with van der Waals surface area (Å²) in [5, 5.41) is 3.52. The van der Waals surface area contributed by atoms with E-state index in [1.807, 2.05) is 18.2 Å². The zero-order chi connectivity index (χ0) is 14.2. The Bertz CT molecular complexity index is 640. The molecule has 1 N–H and O–H groups in total. The van der Waals surface area contributed by atoms with Crippen LogP contribution < -0.4 is 5.32 Å². The van der Waals surface area contributed by atoms with Crippen molar-refractivity contribution in [3.63, 3.8) is 0 Å². The summed E-state index contributed by atoms with van der Waals surface area (Å²) in [5.41, 5.74) is 3.65. The van der Waals surface area contributed by atoms with Crippen molar-refractivity contribution in [3.8, 4) is 0 Å². The lowest BCUT2D eigenvalue weighted by atomic mass is 9.75. The predicted molar refractivity (Wildman–Crippen MR) is 80.9 cm³/mol. The minimum atomic E-state index is -0.172. The van der Waals surface area contributed by atoms with E-state index >= 15 is 0 Å². The summed E-state index contributed by atoms with van der Waals surface area (Å²) in [6.45, 7) is 1.67. The van der Waals surface area contributed by atoms with Gasteiger partial charge in [0.1, 0.15) is 5.82 Å². The molecule has 2 aromatic carbocycles. The number of hydrogen-bond acceptors (Lipinski definition) is 2. The highest BCUT2D eigenvalue weighted by atomic mass is 19.1. The third-order valence-electron chi connectivity index (χ3n) is 4.73. The van der Waals surface area contributed by atoms with Crippen LogP contribution in [0.25, 0.3) is 0 Å². The summed E-state index contributed by atoms with van der Waals surface area (Å²) >= 11 is 0. The average molecular weight is 283 g/mol. The molecule has 0 amide bonds. The van der Waals surface area contributed by atoms with E-state index in [2.05, 4.69) is 23.5 Å². The zero-order valence-corrected chi connectivity index (χ0v) is 11.8. The molecule has 108 valence electrons. The predicted octanol–water partition coefficient (Wildman–Crippen LogP) is 4.11. The van der Waals surface area contributed by atoms with Crippen molar-refractivity contribution in [1.82, 2.24) is 0 Å². The van der Waals surface area contributed by atoms with E-state index in [1.165, 1.54) is 16.8 Å². The summed E-state index contributed by atoms with van der Waals surface area (Å²) in [6.07, 6.45) is 1.14. The SMILES string of the molecule is Fc1ccc([C@@H]2CCO[C@@H]3c4ccccc4NC[C@@H]32)cc1. The second-order valence-electron chi connectivity index (χ2n) is 5.87. The molecule has 2 aliphatic rings. The van der Waals surface area contributed by atoms with Crippen molar-refractivity contribution in [1.29, 1.82) is 0 Å². The Morgan fingerprint density at radius 2 is 1.86 bits per heavy atom. The molecule has 0 aliphatic carbocycles. The molecule has 4 rings (SSSR count). The number of ether oxygens (including phenoxy) is 1. The first kappa shape index (κ1) is 12.8. The highest BCUT2D eigenvalue weighted by Crippen LogP contribution is 2.47. The molecule has 0 aromatic heterocycles. The first-order valence-corrected chi connectivity index (χ1v) is 7.53. The maximum absolute atomic E-state index is 13.1. The van der Waals surface area contributed by atoms with Crippen molar-refractivity contribution < 1.29 is 9.13 Å². The molecule has 0 spiro atoms. The van der Waals surface area contributed by atoms with Gasteiger partial charge in [-0.1, -0.05) is 30.3 Å². The second kappa shape index (κ2) is 5.15. The number of rotatable bonds is 1. The van der Waals surface area contributed by atoms with Crippen LogP contribution in [-0.4, -0.2) is 13.2 Å². The Balaban J connectivity index is 1.68. The highest BCUT2D eigenvalue weighted by Gasteiger charge is 2.39. The van der Waals surface area contributed by atoms with E-state index in [4.69, 9.17) is 4.74 Å². The Morgan fingerprint density at radius 3 is 2.71 bits per heavy atom. The molecule has 2 aromatic rings. The number of para-hydroxylation sites is 1. The molecule has 2 heterocycles. The Morgan fingerprint density at radius 1 is 1.05 bits per heavy atom.